The van der Waals surface area contributed by atoms with Crippen LogP contribution in [0.2, 0.25) is 0 Å². The van der Waals surface area contributed by atoms with Gasteiger partial charge in [-0.1, -0.05) is 0 Å². The Balaban J connectivity index is 2.02. The van der Waals surface area contributed by atoms with Crippen molar-refractivity contribution in [2.75, 3.05) is 24.6 Å². The smallest absolute Gasteiger partial charge is 0.410 e. The maximum absolute atomic E-state index is 12.1. The third-order valence-electron chi connectivity index (χ3n) is 4.20. The highest BCUT2D eigenvalue weighted by Gasteiger charge is 2.52. The topological polar surface area (TPSA) is 75.8 Å². The van der Waals surface area contributed by atoms with Crippen molar-refractivity contribution >= 4 is 17.9 Å². The van der Waals surface area contributed by atoms with Gasteiger partial charge in [-0.05, 0) is 51.5 Å². The second-order valence-corrected chi connectivity index (χ2v) is 8.18. The minimum atomic E-state index is -0.852. The molecule has 1 unspecified atom stereocenters. The molecule has 5 nitrogen and oxygen atoms in total. The van der Waals surface area contributed by atoms with Gasteiger partial charge < -0.3 is 20.5 Å². The molecule has 0 bridgehead atoms. The second kappa shape index (κ2) is 5.39. The number of ether oxygens (including phenoxy) is 1. The summed E-state index contributed by atoms with van der Waals surface area (Å²) in [6.45, 7) is 6.48. The van der Waals surface area contributed by atoms with Gasteiger partial charge in [-0.3, -0.25) is 0 Å². The fourth-order valence-electron chi connectivity index (χ4n) is 2.90. The molecule has 0 aromatic rings. The molecular weight excluding hydrogens is 276 g/mol. The maximum atomic E-state index is 12.1. The van der Waals surface area contributed by atoms with Gasteiger partial charge in [0.05, 0.1) is 11.1 Å². The van der Waals surface area contributed by atoms with Crippen molar-refractivity contribution in [1.82, 2.24) is 4.90 Å². The van der Waals surface area contributed by atoms with Crippen LogP contribution < -0.4 is 5.73 Å². The van der Waals surface area contributed by atoms with Crippen LogP contribution >= 0.6 is 11.8 Å². The van der Waals surface area contributed by atoms with Crippen LogP contribution in [-0.2, 0) is 4.74 Å². The molecule has 20 heavy (non-hydrogen) atoms. The third-order valence-corrected chi connectivity index (χ3v) is 5.18. The molecule has 0 aromatic heterocycles. The molecule has 2 rings (SSSR count). The van der Waals surface area contributed by atoms with Crippen LogP contribution in [0.15, 0.2) is 0 Å². The molecule has 0 saturated carbocycles. The Morgan fingerprint density at radius 1 is 1.30 bits per heavy atom. The van der Waals surface area contributed by atoms with E-state index >= 15 is 0 Å². The summed E-state index contributed by atoms with van der Waals surface area (Å²) < 4.78 is 5.38. The first-order valence-electron chi connectivity index (χ1n) is 7.22. The number of nitrogens with two attached hydrogens (primary N) is 1. The van der Waals surface area contributed by atoms with E-state index in [0.29, 0.717) is 32.4 Å². The predicted molar refractivity (Wildman–Crippen MR) is 80.9 cm³/mol. The summed E-state index contributed by atoms with van der Waals surface area (Å²) in [7, 11) is 0. The van der Waals surface area contributed by atoms with Crippen molar-refractivity contribution in [3.63, 3.8) is 0 Å². The van der Waals surface area contributed by atoms with Crippen LogP contribution in [0.25, 0.3) is 0 Å². The van der Waals surface area contributed by atoms with Crippen LogP contribution in [0, 0.1) is 0 Å². The molecule has 0 spiro atoms. The molecule has 1 amide bonds. The van der Waals surface area contributed by atoms with Crippen molar-refractivity contribution in [3.8, 4) is 0 Å². The Kier molecular flexibility index (Phi) is 4.29. The van der Waals surface area contributed by atoms with E-state index in [1.165, 1.54) is 0 Å². The molecule has 116 valence electrons. The Hall–Kier alpha value is -0.460. The predicted octanol–water partition coefficient (Wildman–Crippen LogP) is 1.58. The van der Waals surface area contributed by atoms with E-state index in [1.54, 1.807) is 4.90 Å². The van der Waals surface area contributed by atoms with Crippen LogP contribution in [0.1, 0.15) is 40.0 Å². The molecule has 2 heterocycles. The van der Waals surface area contributed by atoms with Crippen LogP contribution in [0.4, 0.5) is 4.79 Å². The van der Waals surface area contributed by atoms with E-state index in [9.17, 15) is 9.90 Å². The number of likely N-dealkylation sites (tertiary alicyclic amines) is 1. The highest BCUT2D eigenvalue weighted by Crippen LogP contribution is 2.39. The van der Waals surface area contributed by atoms with Gasteiger partial charge in [0.15, 0.2) is 0 Å². The van der Waals surface area contributed by atoms with E-state index in [0.717, 1.165) is 11.5 Å². The molecule has 6 heteroatoms. The lowest BCUT2D eigenvalue weighted by atomic mass is 9.75. The molecular formula is C14H26N2O3S. The van der Waals surface area contributed by atoms with E-state index in [-0.39, 0.29) is 6.09 Å². The van der Waals surface area contributed by atoms with Gasteiger partial charge in [-0.2, -0.15) is 11.8 Å². The SMILES string of the molecule is CC(C)(C)OC(=O)N1CCC(N)(C2(O)CCSCC2)C1. The molecule has 0 aliphatic carbocycles. The first-order valence-corrected chi connectivity index (χ1v) is 8.38. The lowest BCUT2D eigenvalue weighted by molar-refractivity contribution is -0.0400. The van der Waals surface area contributed by atoms with Crippen molar-refractivity contribution in [3.05, 3.63) is 0 Å². The zero-order valence-corrected chi connectivity index (χ0v) is 13.5. The first kappa shape index (κ1) is 15.9. The van der Waals surface area contributed by atoms with Gasteiger partial charge in [-0.15, -0.1) is 0 Å². The fraction of sp³-hybridized carbons (Fsp3) is 0.929. The van der Waals surface area contributed by atoms with E-state index in [2.05, 4.69) is 0 Å². The molecule has 2 fully saturated rings. The number of carbonyl (C=O) groups excluding carboxylic acids is 1. The van der Waals surface area contributed by atoms with Crippen molar-refractivity contribution in [2.45, 2.75) is 56.8 Å². The summed E-state index contributed by atoms with van der Waals surface area (Å²) in [4.78, 5) is 13.7. The van der Waals surface area contributed by atoms with Gasteiger partial charge in [0.1, 0.15) is 5.60 Å². The second-order valence-electron chi connectivity index (χ2n) is 6.95. The minimum Gasteiger partial charge on any atom is -0.444 e. The Bertz CT molecular complexity index is 377. The number of aliphatic hydroxyl groups is 1. The standard InChI is InChI=1S/C14H26N2O3S/c1-12(2,3)19-11(17)16-7-4-13(15,10-16)14(18)5-8-20-9-6-14/h18H,4-10,15H2,1-3H3. The number of carbonyl (C=O) groups is 1. The van der Waals surface area contributed by atoms with Crippen molar-refractivity contribution < 1.29 is 14.6 Å². The number of hydrogen-bond acceptors (Lipinski definition) is 5. The van der Waals surface area contributed by atoms with Gasteiger partial charge in [0.25, 0.3) is 0 Å². The Morgan fingerprint density at radius 2 is 1.90 bits per heavy atom. The molecule has 0 aromatic carbocycles. The lowest BCUT2D eigenvalue weighted by Gasteiger charge is -2.44. The van der Waals surface area contributed by atoms with Crippen LogP contribution in [-0.4, -0.2) is 57.4 Å². The summed E-state index contributed by atoms with van der Waals surface area (Å²) in [5.41, 5.74) is 4.39. The minimum absolute atomic E-state index is 0.335. The van der Waals surface area contributed by atoms with Gasteiger partial charge >= 0.3 is 6.09 Å². The van der Waals surface area contributed by atoms with Crippen molar-refractivity contribution in [1.29, 1.82) is 0 Å². The highest BCUT2D eigenvalue weighted by molar-refractivity contribution is 7.99. The van der Waals surface area contributed by atoms with Crippen LogP contribution in [0.3, 0.4) is 0 Å². The number of rotatable bonds is 1. The van der Waals surface area contributed by atoms with Crippen LogP contribution in [0.5, 0.6) is 0 Å². The van der Waals surface area contributed by atoms with E-state index in [1.807, 2.05) is 32.5 Å². The molecule has 2 aliphatic heterocycles. The lowest BCUT2D eigenvalue weighted by Crippen LogP contribution is -2.63. The van der Waals surface area contributed by atoms with E-state index < -0.39 is 16.7 Å². The number of hydrogen-bond donors (Lipinski definition) is 2. The van der Waals surface area contributed by atoms with Gasteiger partial charge in [-0.25, -0.2) is 4.79 Å². The number of thioether (sulfide) groups is 1. The molecule has 2 aliphatic rings. The molecule has 1 atom stereocenters. The fourth-order valence-corrected chi connectivity index (χ4v) is 4.07. The average Bonchev–Trinajstić information content (AvgIpc) is 2.73. The zero-order chi connectivity index (χ0) is 15.0. The third kappa shape index (κ3) is 3.23. The highest BCUT2D eigenvalue weighted by atomic mass is 32.2. The maximum Gasteiger partial charge on any atom is 0.410 e. The quantitative estimate of drug-likeness (QED) is 0.769. The monoisotopic (exact) mass is 302 g/mol. The Morgan fingerprint density at radius 3 is 2.45 bits per heavy atom. The molecule has 3 N–H and O–H groups in total. The average molecular weight is 302 g/mol. The summed E-state index contributed by atoms with van der Waals surface area (Å²) in [6, 6.07) is 0. The summed E-state index contributed by atoms with van der Waals surface area (Å²) in [5.74, 6) is 1.86. The molecule has 0 radical (unpaired) electrons. The normalized spacial score (nSPS) is 30.4. The summed E-state index contributed by atoms with van der Waals surface area (Å²) in [6.07, 6.45) is 1.71. The van der Waals surface area contributed by atoms with Gasteiger partial charge in [0.2, 0.25) is 0 Å². The Labute approximate surface area is 125 Å². The van der Waals surface area contributed by atoms with Crippen molar-refractivity contribution in [2.24, 2.45) is 5.73 Å². The number of nitrogens with zero attached hydrogens (tertiary/aromatic N) is 1. The number of amides is 1. The van der Waals surface area contributed by atoms with Gasteiger partial charge in [0, 0.05) is 13.1 Å². The molecule has 2 saturated heterocycles. The summed E-state index contributed by atoms with van der Waals surface area (Å²) >= 11 is 1.85. The first-order chi connectivity index (χ1) is 9.15. The summed E-state index contributed by atoms with van der Waals surface area (Å²) in [5, 5.41) is 10.8. The zero-order valence-electron chi connectivity index (χ0n) is 12.6. The van der Waals surface area contributed by atoms with E-state index in [4.69, 9.17) is 10.5 Å². The largest absolute Gasteiger partial charge is 0.444 e.